The molecule has 0 radical (unpaired) electrons. The molecule has 0 aromatic heterocycles. The van der Waals surface area contributed by atoms with Gasteiger partial charge < -0.3 is 32.7 Å². The van der Waals surface area contributed by atoms with Crippen molar-refractivity contribution >= 4 is 17.8 Å². The predicted octanol–water partition coefficient (Wildman–Crippen LogP) is -1.15. The van der Waals surface area contributed by atoms with Crippen molar-refractivity contribution in [3.8, 4) is 0 Å². The van der Waals surface area contributed by atoms with E-state index in [9.17, 15) is 19.8 Å². The van der Waals surface area contributed by atoms with Crippen molar-refractivity contribution < 1.29 is 19.8 Å². The highest BCUT2D eigenvalue weighted by Gasteiger charge is 2.27. The Bertz CT molecular complexity index is 629. The lowest BCUT2D eigenvalue weighted by Gasteiger charge is -2.21. The first-order chi connectivity index (χ1) is 12.2. The van der Waals surface area contributed by atoms with Gasteiger partial charge in [-0.1, -0.05) is 29.8 Å². The van der Waals surface area contributed by atoms with E-state index in [-0.39, 0.29) is 25.3 Å². The van der Waals surface area contributed by atoms with Crippen LogP contribution in [-0.2, 0) is 16.0 Å². The highest BCUT2D eigenvalue weighted by molar-refractivity contribution is 5.86. The summed E-state index contributed by atoms with van der Waals surface area (Å²) in [6, 6.07) is 5.54. The monoisotopic (exact) mass is 365 g/mol. The van der Waals surface area contributed by atoms with E-state index in [1.54, 1.807) is 0 Å². The minimum atomic E-state index is -1.52. The summed E-state index contributed by atoms with van der Waals surface area (Å²) in [5, 5.41) is 21.6. The number of nitrogens with one attached hydrogen (secondary N) is 1. The molecule has 1 aromatic carbocycles. The van der Waals surface area contributed by atoms with Crippen LogP contribution in [0.1, 0.15) is 24.0 Å². The number of rotatable bonds is 10. The number of carboxylic acid groups (broad SMARTS) is 1. The van der Waals surface area contributed by atoms with Crippen LogP contribution in [0.15, 0.2) is 29.3 Å². The molecule has 1 aromatic rings. The van der Waals surface area contributed by atoms with E-state index in [4.69, 9.17) is 17.2 Å². The topological polar surface area (TPSA) is 177 Å². The van der Waals surface area contributed by atoms with Crippen LogP contribution >= 0.6 is 0 Å². The van der Waals surface area contributed by atoms with Crippen LogP contribution in [0.25, 0.3) is 0 Å². The number of guanidine groups is 1. The Morgan fingerprint density at radius 2 is 1.85 bits per heavy atom. The van der Waals surface area contributed by atoms with Crippen LogP contribution in [0.4, 0.5) is 0 Å². The van der Waals surface area contributed by atoms with Gasteiger partial charge in [0.15, 0.2) is 5.96 Å². The van der Waals surface area contributed by atoms with Gasteiger partial charge in [0, 0.05) is 12.6 Å². The molecule has 144 valence electrons. The van der Waals surface area contributed by atoms with E-state index in [2.05, 4.69) is 10.3 Å². The number of aliphatic imine (C=N–C) groups is 1. The molecule has 0 saturated carbocycles. The average molecular weight is 365 g/mol. The SMILES string of the molecule is Cc1ccc(C[C@H](N)[C@H](O)C(=O)N[C@@H](CCCN=C(N)N)C(=O)O)cc1. The van der Waals surface area contributed by atoms with Gasteiger partial charge in [-0.05, 0) is 31.7 Å². The van der Waals surface area contributed by atoms with E-state index < -0.39 is 30.1 Å². The third-order valence-electron chi connectivity index (χ3n) is 3.83. The van der Waals surface area contributed by atoms with Crippen LogP contribution in [0.2, 0.25) is 0 Å². The molecule has 9 heteroatoms. The van der Waals surface area contributed by atoms with Crippen molar-refractivity contribution in [2.45, 2.75) is 44.4 Å². The molecular weight excluding hydrogens is 338 g/mol. The fourth-order valence-electron chi connectivity index (χ4n) is 2.32. The van der Waals surface area contributed by atoms with Crippen molar-refractivity contribution in [3.05, 3.63) is 35.4 Å². The summed E-state index contributed by atoms with van der Waals surface area (Å²) in [5.74, 6) is -2.11. The molecule has 9 N–H and O–H groups in total. The number of aliphatic hydroxyl groups excluding tert-OH is 1. The van der Waals surface area contributed by atoms with Gasteiger partial charge in [0.1, 0.15) is 12.1 Å². The van der Waals surface area contributed by atoms with E-state index in [1.165, 1.54) is 0 Å². The number of hydrogen-bond donors (Lipinski definition) is 6. The Labute approximate surface area is 152 Å². The quantitative estimate of drug-likeness (QED) is 0.172. The van der Waals surface area contributed by atoms with Gasteiger partial charge in [0.05, 0.1) is 0 Å². The molecule has 0 spiro atoms. The summed E-state index contributed by atoms with van der Waals surface area (Å²) in [4.78, 5) is 27.1. The smallest absolute Gasteiger partial charge is 0.326 e. The Balaban J connectivity index is 2.56. The highest BCUT2D eigenvalue weighted by Crippen LogP contribution is 2.08. The zero-order valence-electron chi connectivity index (χ0n) is 14.8. The number of benzene rings is 1. The summed E-state index contributed by atoms with van der Waals surface area (Å²) >= 11 is 0. The molecule has 0 fully saturated rings. The largest absolute Gasteiger partial charge is 0.480 e. The van der Waals surface area contributed by atoms with E-state index in [1.807, 2.05) is 31.2 Å². The van der Waals surface area contributed by atoms with Gasteiger partial charge in [-0.25, -0.2) is 4.79 Å². The predicted molar refractivity (Wildman–Crippen MR) is 98.3 cm³/mol. The van der Waals surface area contributed by atoms with Crippen molar-refractivity contribution in [2.24, 2.45) is 22.2 Å². The van der Waals surface area contributed by atoms with E-state index >= 15 is 0 Å². The normalized spacial score (nSPS) is 14.1. The number of nitrogens with two attached hydrogens (primary N) is 3. The van der Waals surface area contributed by atoms with Gasteiger partial charge in [-0.15, -0.1) is 0 Å². The zero-order chi connectivity index (χ0) is 19.7. The van der Waals surface area contributed by atoms with Gasteiger partial charge in [0.2, 0.25) is 0 Å². The maximum absolute atomic E-state index is 12.1. The molecule has 0 heterocycles. The zero-order valence-corrected chi connectivity index (χ0v) is 14.8. The summed E-state index contributed by atoms with van der Waals surface area (Å²) < 4.78 is 0. The molecule has 3 atom stereocenters. The summed E-state index contributed by atoms with van der Waals surface area (Å²) in [7, 11) is 0. The maximum Gasteiger partial charge on any atom is 0.326 e. The third kappa shape index (κ3) is 7.49. The second-order valence-electron chi connectivity index (χ2n) is 6.15. The molecule has 0 aliphatic heterocycles. The number of aliphatic hydroxyl groups is 1. The van der Waals surface area contributed by atoms with E-state index in [0.717, 1.165) is 11.1 Å². The number of amides is 1. The van der Waals surface area contributed by atoms with Crippen molar-refractivity contribution in [1.82, 2.24) is 5.32 Å². The molecule has 0 aliphatic carbocycles. The number of aliphatic carboxylic acids is 1. The summed E-state index contributed by atoms with van der Waals surface area (Å²) in [5.41, 5.74) is 18.2. The fraction of sp³-hybridized carbons (Fsp3) is 0.471. The third-order valence-corrected chi connectivity index (χ3v) is 3.83. The fourth-order valence-corrected chi connectivity index (χ4v) is 2.32. The lowest BCUT2D eigenvalue weighted by molar-refractivity contribution is -0.143. The first-order valence-corrected chi connectivity index (χ1v) is 8.28. The number of carbonyl (C=O) groups is 2. The Kier molecular flexibility index (Phi) is 8.53. The Morgan fingerprint density at radius 1 is 1.23 bits per heavy atom. The first kappa shape index (κ1) is 21.4. The number of hydrogen-bond acceptors (Lipinski definition) is 5. The number of aryl methyl sites for hydroxylation is 1. The Hall–Kier alpha value is -2.65. The minimum Gasteiger partial charge on any atom is -0.480 e. The average Bonchev–Trinajstić information content (AvgIpc) is 2.58. The van der Waals surface area contributed by atoms with Crippen molar-refractivity contribution in [3.63, 3.8) is 0 Å². The first-order valence-electron chi connectivity index (χ1n) is 8.28. The molecule has 9 nitrogen and oxygen atoms in total. The Morgan fingerprint density at radius 3 is 2.38 bits per heavy atom. The van der Waals surface area contributed by atoms with Crippen LogP contribution in [-0.4, -0.2) is 52.8 Å². The molecule has 1 amide bonds. The van der Waals surface area contributed by atoms with Gasteiger partial charge in [-0.3, -0.25) is 9.79 Å². The molecular formula is C17H27N5O4. The molecule has 0 unspecified atom stereocenters. The molecule has 0 aliphatic rings. The standard InChI is InChI=1S/C17H27N5O4/c1-10-4-6-11(7-5-10)9-12(18)14(23)15(24)22-13(16(25)26)3-2-8-21-17(19)20/h4-7,12-14,23H,2-3,8-9,18H2,1H3,(H,22,24)(H,25,26)(H4,19,20,21)/t12-,13-,14-/m0/s1. The minimum absolute atomic E-state index is 0.0848. The maximum atomic E-state index is 12.1. The van der Waals surface area contributed by atoms with Crippen LogP contribution in [0.5, 0.6) is 0 Å². The van der Waals surface area contributed by atoms with Crippen LogP contribution in [0.3, 0.4) is 0 Å². The van der Waals surface area contributed by atoms with Crippen molar-refractivity contribution in [2.75, 3.05) is 6.54 Å². The highest BCUT2D eigenvalue weighted by atomic mass is 16.4. The van der Waals surface area contributed by atoms with Gasteiger partial charge >= 0.3 is 5.97 Å². The summed E-state index contributed by atoms with van der Waals surface area (Å²) in [6.07, 6.45) is -0.744. The molecule has 0 saturated heterocycles. The lowest BCUT2D eigenvalue weighted by atomic mass is 10.0. The lowest BCUT2D eigenvalue weighted by Crippen LogP contribution is -2.52. The second-order valence-corrected chi connectivity index (χ2v) is 6.15. The molecule has 26 heavy (non-hydrogen) atoms. The number of carboxylic acids is 1. The van der Waals surface area contributed by atoms with E-state index in [0.29, 0.717) is 6.42 Å². The summed E-state index contributed by atoms with van der Waals surface area (Å²) in [6.45, 7) is 2.20. The second kappa shape index (κ2) is 10.4. The number of carbonyl (C=O) groups excluding carboxylic acids is 1. The molecule has 0 bridgehead atoms. The van der Waals surface area contributed by atoms with Crippen LogP contribution in [0, 0.1) is 6.92 Å². The van der Waals surface area contributed by atoms with Gasteiger partial charge in [-0.2, -0.15) is 0 Å². The number of nitrogens with zero attached hydrogens (tertiary/aromatic N) is 1. The molecule has 1 rings (SSSR count). The van der Waals surface area contributed by atoms with Crippen LogP contribution < -0.4 is 22.5 Å². The van der Waals surface area contributed by atoms with Crippen molar-refractivity contribution in [1.29, 1.82) is 0 Å². The van der Waals surface area contributed by atoms with Gasteiger partial charge in [0.25, 0.3) is 5.91 Å².